The fraction of sp³-hybridized carbons (Fsp3) is 0.562. The van der Waals surface area contributed by atoms with Gasteiger partial charge in [0.25, 0.3) is 0 Å². The van der Waals surface area contributed by atoms with Crippen molar-refractivity contribution >= 4 is 5.84 Å². The molecule has 0 saturated heterocycles. The number of nitrogens with zero attached hydrogens (tertiary/aromatic N) is 1. The molecule has 1 aromatic rings. The molecule has 110 valence electrons. The molecule has 1 aliphatic rings. The minimum atomic E-state index is 0.0683. The zero-order valence-electron chi connectivity index (χ0n) is 12.3. The summed E-state index contributed by atoms with van der Waals surface area (Å²) in [6.45, 7) is 5.03. The van der Waals surface area contributed by atoms with Gasteiger partial charge in [0.15, 0.2) is 0 Å². The third-order valence-electron chi connectivity index (χ3n) is 4.24. The molecule has 0 amide bonds. The highest BCUT2D eigenvalue weighted by molar-refractivity contribution is 5.80. The monoisotopic (exact) mass is 276 g/mol. The van der Waals surface area contributed by atoms with Gasteiger partial charge in [0.05, 0.1) is 6.61 Å². The Labute approximate surface area is 120 Å². The van der Waals surface area contributed by atoms with Crippen molar-refractivity contribution in [1.29, 1.82) is 0 Å². The number of amidine groups is 1. The summed E-state index contributed by atoms with van der Waals surface area (Å²) < 4.78 is 6.04. The van der Waals surface area contributed by atoms with Crippen LogP contribution < -0.4 is 10.5 Å². The van der Waals surface area contributed by atoms with E-state index in [9.17, 15) is 0 Å². The largest absolute Gasteiger partial charge is 0.493 e. The van der Waals surface area contributed by atoms with Crippen molar-refractivity contribution in [2.75, 3.05) is 6.61 Å². The number of hydrogen-bond donors (Lipinski definition) is 2. The van der Waals surface area contributed by atoms with E-state index in [-0.39, 0.29) is 5.41 Å². The van der Waals surface area contributed by atoms with E-state index in [1.54, 1.807) is 0 Å². The average Bonchev–Trinajstić information content (AvgIpc) is 3.24. The molecule has 1 saturated carbocycles. The second-order valence-electron chi connectivity index (χ2n) is 5.90. The summed E-state index contributed by atoms with van der Waals surface area (Å²) in [4.78, 5) is 0. The summed E-state index contributed by atoms with van der Waals surface area (Å²) in [5, 5.41) is 11.7. The number of hydrogen-bond acceptors (Lipinski definition) is 3. The molecular formula is C16H24N2O2. The highest BCUT2D eigenvalue weighted by atomic mass is 16.5. The van der Waals surface area contributed by atoms with E-state index in [1.165, 1.54) is 5.56 Å². The van der Waals surface area contributed by atoms with E-state index in [0.29, 0.717) is 24.8 Å². The van der Waals surface area contributed by atoms with Crippen molar-refractivity contribution in [3.8, 4) is 5.75 Å². The minimum absolute atomic E-state index is 0.0683. The molecule has 20 heavy (non-hydrogen) atoms. The van der Waals surface area contributed by atoms with E-state index < -0.39 is 0 Å². The molecule has 0 aromatic heterocycles. The van der Waals surface area contributed by atoms with Crippen molar-refractivity contribution in [1.82, 2.24) is 0 Å². The van der Waals surface area contributed by atoms with E-state index in [1.807, 2.05) is 12.1 Å². The fourth-order valence-electron chi connectivity index (χ4n) is 2.44. The lowest BCUT2D eigenvalue weighted by Crippen LogP contribution is -2.23. The number of benzene rings is 1. The predicted molar refractivity (Wildman–Crippen MR) is 80.3 cm³/mol. The van der Waals surface area contributed by atoms with Gasteiger partial charge >= 0.3 is 0 Å². The lowest BCUT2D eigenvalue weighted by atomic mass is 9.97. The van der Waals surface area contributed by atoms with Crippen LogP contribution in [0.3, 0.4) is 0 Å². The number of oxime groups is 1. The Balaban J connectivity index is 2.01. The third-order valence-corrected chi connectivity index (χ3v) is 4.24. The maximum Gasteiger partial charge on any atom is 0.139 e. The van der Waals surface area contributed by atoms with Crippen LogP contribution in [-0.2, 0) is 0 Å². The number of ether oxygens (including phenoxy) is 1. The zero-order valence-corrected chi connectivity index (χ0v) is 12.3. The van der Waals surface area contributed by atoms with Gasteiger partial charge in [-0.15, -0.1) is 0 Å². The maximum atomic E-state index is 8.68. The third kappa shape index (κ3) is 3.44. The van der Waals surface area contributed by atoms with E-state index in [0.717, 1.165) is 25.0 Å². The van der Waals surface area contributed by atoms with Gasteiger partial charge < -0.3 is 15.7 Å². The van der Waals surface area contributed by atoms with Crippen LogP contribution in [0.1, 0.15) is 51.0 Å². The summed E-state index contributed by atoms with van der Waals surface area (Å²) in [5.74, 6) is 1.75. The molecule has 4 nitrogen and oxygen atoms in total. The van der Waals surface area contributed by atoms with Crippen LogP contribution in [0.25, 0.3) is 0 Å². The Morgan fingerprint density at radius 3 is 2.75 bits per heavy atom. The first-order chi connectivity index (χ1) is 9.60. The number of rotatable bonds is 7. The normalized spacial score (nSPS) is 18.6. The molecule has 1 aromatic carbocycles. The van der Waals surface area contributed by atoms with Crippen molar-refractivity contribution in [2.45, 2.75) is 45.4 Å². The minimum Gasteiger partial charge on any atom is -0.493 e. The molecule has 1 fully saturated rings. The summed E-state index contributed by atoms with van der Waals surface area (Å²) in [7, 11) is 0. The topological polar surface area (TPSA) is 67.8 Å². The van der Waals surface area contributed by atoms with Gasteiger partial charge in [-0.25, -0.2) is 0 Å². The van der Waals surface area contributed by atoms with Gasteiger partial charge in [-0.2, -0.15) is 0 Å². The lowest BCUT2D eigenvalue weighted by Gasteiger charge is -2.19. The van der Waals surface area contributed by atoms with Crippen molar-refractivity contribution in [2.24, 2.45) is 16.3 Å². The molecule has 0 radical (unpaired) electrons. The Bertz CT molecular complexity index is 481. The molecule has 0 aliphatic heterocycles. The first kappa shape index (κ1) is 14.7. The first-order valence-electron chi connectivity index (χ1n) is 7.28. The molecule has 1 atom stereocenters. The second kappa shape index (κ2) is 6.16. The molecule has 3 N–H and O–H groups in total. The van der Waals surface area contributed by atoms with E-state index in [4.69, 9.17) is 15.7 Å². The van der Waals surface area contributed by atoms with Crippen LogP contribution in [0.2, 0.25) is 0 Å². The Morgan fingerprint density at radius 1 is 1.45 bits per heavy atom. The van der Waals surface area contributed by atoms with Crippen LogP contribution in [0.15, 0.2) is 29.4 Å². The van der Waals surface area contributed by atoms with E-state index >= 15 is 0 Å². The quantitative estimate of drug-likeness (QED) is 0.346. The average molecular weight is 276 g/mol. The smallest absolute Gasteiger partial charge is 0.139 e. The molecule has 1 unspecified atom stereocenters. The first-order valence-corrected chi connectivity index (χ1v) is 7.28. The van der Waals surface area contributed by atoms with Crippen molar-refractivity contribution < 1.29 is 9.94 Å². The highest BCUT2D eigenvalue weighted by Crippen LogP contribution is 2.49. The Kier molecular flexibility index (Phi) is 4.53. The van der Waals surface area contributed by atoms with Gasteiger partial charge in [-0.3, -0.25) is 0 Å². The van der Waals surface area contributed by atoms with E-state index in [2.05, 4.69) is 31.1 Å². The van der Waals surface area contributed by atoms with Gasteiger partial charge in [0.2, 0.25) is 0 Å². The zero-order chi connectivity index (χ0) is 14.6. The van der Waals surface area contributed by atoms with Crippen LogP contribution >= 0.6 is 0 Å². The number of nitrogens with two attached hydrogens (primary N) is 1. The van der Waals surface area contributed by atoms with Gasteiger partial charge in [0.1, 0.15) is 11.6 Å². The molecular weight excluding hydrogens is 252 g/mol. The molecule has 4 heteroatoms. The molecule has 2 rings (SSSR count). The summed E-state index contributed by atoms with van der Waals surface area (Å²) in [5.41, 5.74) is 6.94. The second-order valence-corrected chi connectivity index (χ2v) is 5.90. The Hall–Kier alpha value is -1.71. The summed E-state index contributed by atoms with van der Waals surface area (Å²) in [6, 6.07) is 8.22. The van der Waals surface area contributed by atoms with Crippen molar-refractivity contribution in [3.63, 3.8) is 0 Å². The van der Waals surface area contributed by atoms with Gasteiger partial charge in [0, 0.05) is 11.8 Å². The number of para-hydroxylation sites is 1. The van der Waals surface area contributed by atoms with Crippen LogP contribution in [0.4, 0.5) is 0 Å². The Morgan fingerprint density at radius 2 is 2.15 bits per heavy atom. The molecule has 0 spiro atoms. The van der Waals surface area contributed by atoms with Gasteiger partial charge in [-0.1, -0.05) is 37.2 Å². The molecule has 0 bridgehead atoms. The van der Waals surface area contributed by atoms with Crippen LogP contribution in [0.5, 0.6) is 5.75 Å². The SMILES string of the molecule is CCC(C)c1ccccc1OCC1(CC(N)=NO)CC1. The van der Waals surface area contributed by atoms with Crippen molar-refractivity contribution in [3.05, 3.63) is 29.8 Å². The standard InChI is InChI=1S/C16H24N2O2/c1-3-12(2)13-6-4-5-7-14(13)20-11-16(8-9-16)10-15(17)18-19/h4-7,12,19H,3,8-11H2,1-2H3,(H2,17,18). The molecule has 0 heterocycles. The molecule has 1 aliphatic carbocycles. The predicted octanol–water partition coefficient (Wildman–Crippen LogP) is 3.50. The van der Waals surface area contributed by atoms with Crippen LogP contribution in [-0.4, -0.2) is 17.6 Å². The summed E-state index contributed by atoms with van der Waals surface area (Å²) in [6.07, 6.45) is 3.86. The summed E-state index contributed by atoms with van der Waals surface area (Å²) >= 11 is 0. The maximum absolute atomic E-state index is 8.68. The van der Waals surface area contributed by atoms with Gasteiger partial charge in [-0.05, 0) is 36.8 Å². The van der Waals surface area contributed by atoms with Crippen LogP contribution in [0, 0.1) is 5.41 Å². The lowest BCUT2D eigenvalue weighted by molar-refractivity contribution is 0.233. The highest BCUT2D eigenvalue weighted by Gasteiger charge is 2.44. The fourth-order valence-corrected chi connectivity index (χ4v) is 2.44.